The summed E-state index contributed by atoms with van der Waals surface area (Å²) in [6, 6.07) is 6.73. The molecule has 6 nitrogen and oxygen atoms in total. The van der Waals surface area contributed by atoms with Gasteiger partial charge in [-0.15, -0.1) is 5.10 Å². The summed E-state index contributed by atoms with van der Waals surface area (Å²) >= 11 is 1.38. The van der Waals surface area contributed by atoms with Crippen LogP contribution in [0.25, 0.3) is 0 Å². The van der Waals surface area contributed by atoms with Crippen LogP contribution >= 0.6 is 11.8 Å². The number of amides is 1. The van der Waals surface area contributed by atoms with Gasteiger partial charge in [0, 0.05) is 6.54 Å². The normalized spacial score (nSPS) is 21.6. The molecule has 0 spiro atoms. The summed E-state index contributed by atoms with van der Waals surface area (Å²) in [4.78, 5) is 14.1. The van der Waals surface area contributed by atoms with Gasteiger partial charge >= 0.3 is 0 Å². The van der Waals surface area contributed by atoms with Crippen LogP contribution in [-0.2, 0) is 4.79 Å². The average molecular weight is 319 g/mol. The van der Waals surface area contributed by atoms with Crippen LogP contribution < -0.4 is 4.90 Å². The maximum absolute atomic E-state index is 13.9. The van der Waals surface area contributed by atoms with E-state index in [0.29, 0.717) is 29.9 Å². The topological polar surface area (TPSA) is 63.9 Å². The van der Waals surface area contributed by atoms with Gasteiger partial charge in [0.2, 0.25) is 11.1 Å². The van der Waals surface area contributed by atoms with E-state index in [1.807, 2.05) is 0 Å². The molecule has 2 heterocycles. The van der Waals surface area contributed by atoms with Gasteiger partial charge in [0.25, 0.3) is 0 Å². The molecule has 1 aromatic heterocycles. The Balaban J connectivity index is 1.52. The highest BCUT2D eigenvalue weighted by molar-refractivity contribution is 8.00. The van der Waals surface area contributed by atoms with Crippen molar-refractivity contribution in [2.75, 3.05) is 11.4 Å². The largest absolute Gasteiger partial charge is 0.309 e. The molecule has 0 N–H and O–H groups in total. The van der Waals surface area contributed by atoms with E-state index >= 15 is 0 Å². The number of anilines is 1. The van der Waals surface area contributed by atoms with Crippen molar-refractivity contribution in [2.45, 2.75) is 35.7 Å². The van der Waals surface area contributed by atoms with Gasteiger partial charge < -0.3 is 4.90 Å². The summed E-state index contributed by atoms with van der Waals surface area (Å²) in [5, 5.41) is 12.1. The molecule has 1 aliphatic heterocycles. The third-order valence-corrected chi connectivity index (χ3v) is 5.10. The molecule has 0 radical (unpaired) electrons. The van der Waals surface area contributed by atoms with Crippen LogP contribution in [0.2, 0.25) is 0 Å². The third-order valence-electron chi connectivity index (χ3n) is 3.90. The van der Waals surface area contributed by atoms with Gasteiger partial charge in [-0.05, 0) is 41.8 Å². The first kappa shape index (κ1) is 13.7. The molecule has 0 bridgehead atoms. The van der Waals surface area contributed by atoms with Crippen molar-refractivity contribution in [1.82, 2.24) is 20.2 Å². The number of halogens is 1. The Kier molecular flexibility index (Phi) is 3.33. The third kappa shape index (κ3) is 2.37. The van der Waals surface area contributed by atoms with Crippen molar-refractivity contribution < 1.29 is 9.18 Å². The lowest BCUT2D eigenvalue weighted by molar-refractivity contribution is -0.116. The minimum atomic E-state index is -0.371. The molecule has 4 rings (SSSR count). The van der Waals surface area contributed by atoms with Gasteiger partial charge in [0.1, 0.15) is 5.82 Å². The lowest BCUT2D eigenvalue weighted by Crippen LogP contribution is -2.28. The highest BCUT2D eigenvalue weighted by atomic mass is 32.2. The van der Waals surface area contributed by atoms with Crippen LogP contribution in [0.5, 0.6) is 0 Å². The fourth-order valence-electron chi connectivity index (χ4n) is 2.61. The maximum atomic E-state index is 13.9. The molecule has 1 saturated carbocycles. The number of para-hydroxylation sites is 1. The van der Waals surface area contributed by atoms with Gasteiger partial charge in [-0.25, -0.2) is 9.07 Å². The molecule has 1 saturated heterocycles. The number of aromatic nitrogens is 4. The fraction of sp³-hybridized carbons (Fsp3) is 0.429. The highest BCUT2D eigenvalue weighted by Gasteiger charge is 2.37. The Morgan fingerprint density at radius 3 is 2.82 bits per heavy atom. The first-order valence-corrected chi connectivity index (χ1v) is 8.12. The first-order valence-electron chi connectivity index (χ1n) is 7.24. The molecule has 1 atom stereocenters. The second-order valence-electron chi connectivity index (χ2n) is 5.47. The van der Waals surface area contributed by atoms with E-state index in [0.717, 1.165) is 12.8 Å². The van der Waals surface area contributed by atoms with Crippen LogP contribution in [0, 0.1) is 5.82 Å². The van der Waals surface area contributed by atoms with Crippen LogP contribution in [0.15, 0.2) is 29.4 Å². The molecule has 1 amide bonds. The standard InChI is InChI=1S/C14H14FN5OS/c15-10-3-1-2-4-11(10)19-8-7-12(13(19)21)22-14-16-17-18-20(14)9-5-6-9/h1-4,9,12H,5-8H2/t12-/m1/s1. The van der Waals surface area contributed by atoms with Crippen molar-refractivity contribution in [3.05, 3.63) is 30.1 Å². The number of tetrazole rings is 1. The van der Waals surface area contributed by atoms with Crippen molar-refractivity contribution in [3.8, 4) is 0 Å². The Labute approximate surface area is 130 Å². The summed E-state index contributed by atoms with van der Waals surface area (Å²) in [5.74, 6) is -0.454. The Hall–Kier alpha value is -1.96. The smallest absolute Gasteiger partial charge is 0.240 e. The van der Waals surface area contributed by atoms with E-state index in [4.69, 9.17) is 0 Å². The van der Waals surface area contributed by atoms with Gasteiger partial charge in [-0.2, -0.15) is 0 Å². The minimum absolute atomic E-state index is 0.0829. The van der Waals surface area contributed by atoms with Gasteiger partial charge in [0.05, 0.1) is 17.0 Å². The van der Waals surface area contributed by atoms with E-state index in [9.17, 15) is 9.18 Å². The molecule has 8 heteroatoms. The predicted octanol–water partition coefficient (Wildman–Crippen LogP) is 2.04. The second kappa shape index (κ2) is 5.35. The summed E-state index contributed by atoms with van der Waals surface area (Å²) in [5.41, 5.74) is 0.345. The summed E-state index contributed by atoms with van der Waals surface area (Å²) in [7, 11) is 0. The molecule has 0 unspecified atom stereocenters. The molecule has 1 aliphatic carbocycles. The van der Waals surface area contributed by atoms with Gasteiger partial charge in [0.15, 0.2) is 0 Å². The molecule has 114 valence electrons. The maximum Gasteiger partial charge on any atom is 0.240 e. The van der Waals surface area contributed by atoms with Crippen molar-refractivity contribution >= 4 is 23.4 Å². The zero-order chi connectivity index (χ0) is 15.1. The quantitative estimate of drug-likeness (QED) is 0.863. The Morgan fingerprint density at radius 1 is 1.23 bits per heavy atom. The number of carbonyl (C=O) groups excluding carboxylic acids is 1. The van der Waals surface area contributed by atoms with Crippen molar-refractivity contribution in [3.63, 3.8) is 0 Å². The van der Waals surface area contributed by atoms with Crippen LogP contribution in [0.1, 0.15) is 25.3 Å². The second-order valence-corrected chi connectivity index (χ2v) is 6.64. The zero-order valence-corrected chi connectivity index (χ0v) is 12.5. The summed E-state index contributed by atoms with van der Waals surface area (Å²) < 4.78 is 15.7. The molecular weight excluding hydrogens is 305 g/mol. The molecule has 22 heavy (non-hydrogen) atoms. The van der Waals surface area contributed by atoms with Crippen LogP contribution in [0.4, 0.5) is 10.1 Å². The predicted molar refractivity (Wildman–Crippen MR) is 79.1 cm³/mol. The van der Waals surface area contributed by atoms with Gasteiger partial charge in [-0.3, -0.25) is 4.79 Å². The van der Waals surface area contributed by atoms with E-state index in [2.05, 4.69) is 15.5 Å². The van der Waals surface area contributed by atoms with Crippen LogP contribution in [0.3, 0.4) is 0 Å². The minimum Gasteiger partial charge on any atom is -0.309 e. The number of nitrogens with zero attached hydrogens (tertiary/aromatic N) is 5. The lowest BCUT2D eigenvalue weighted by atomic mass is 10.3. The van der Waals surface area contributed by atoms with Crippen molar-refractivity contribution in [2.24, 2.45) is 0 Å². The summed E-state index contributed by atoms with van der Waals surface area (Å²) in [6.45, 7) is 0.516. The Bertz CT molecular complexity index is 717. The van der Waals surface area contributed by atoms with E-state index in [1.54, 1.807) is 22.9 Å². The number of carbonyl (C=O) groups is 1. The number of hydrogen-bond acceptors (Lipinski definition) is 5. The van der Waals surface area contributed by atoms with Crippen molar-refractivity contribution in [1.29, 1.82) is 0 Å². The number of thioether (sulfide) groups is 1. The Morgan fingerprint density at radius 2 is 2.05 bits per heavy atom. The molecule has 1 aromatic carbocycles. The number of hydrogen-bond donors (Lipinski definition) is 0. The van der Waals surface area contributed by atoms with Gasteiger partial charge in [-0.1, -0.05) is 23.9 Å². The molecule has 2 aromatic rings. The average Bonchev–Trinajstić information content (AvgIpc) is 3.16. The fourth-order valence-corrected chi connectivity index (χ4v) is 3.69. The van der Waals surface area contributed by atoms with E-state index < -0.39 is 0 Å². The SMILES string of the molecule is O=C1[C@H](Sc2nnnn2C2CC2)CCN1c1ccccc1F. The zero-order valence-electron chi connectivity index (χ0n) is 11.7. The molecule has 2 aliphatic rings. The summed E-state index contributed by atoms with van der Waals surface area (Å²) in [6.07, 6.45) is 2.83. The molecule has 2 fully saturated rings. The number of benzene rings is 1. The highest BCUT2D eigenvalue weighted by Crippen LogP contribution is 2.39. The monoisotopic (exact) mass is 319 g/mol. The van der Waals surface area contributed by atoms with E-state index in [-0.39, 0.29) is 17.0 Å². The van der Waals surface area contributed by atoms with Crippen LogP contribution in [-0.4, -0.2) is 37.9 Å². The first-order chi connectivity index (χ1) is 10.7. The number of rotatable bonds is 4. The lowest BCUT2D eigenvalue weighted by Gasteiger charge is -2.17. The van der Waals surface area contributed by atoms with E-state index in [1.165, 1.54) is 22.7 Å². The molecular formula is C14H14FN5OS.